The second-order valence-corrected chi connectivity index (χ2v) is 5.63. The van der Waals surface area contributed by atoms with Gasteiger partial charge in [0.2, 0.25) is 5.10 Å². The van der Waals surface area contributed by atoms with Crippen LogP contribution in [0, 0.1) is 16.3 Å². The van der Waals surface area contributed by atoms with Gasteiger partial charge in [0.15, 0.2) is 11.3 Å². The van der Waals surface area contributed by atoms with Crippen molar-refractivity contribution in [3.05, 3.63) is 33.1 Å². The summed E-state index contributed by atoms with van der Waals surface area (Å²) < 4.78 is 1.21. The van der Waals surface area contributed by atoms with Crippen molar-refractivity contribution in [2.75, 3.05) is 11.9 Å². The Morgan fingerprint density at radius 2 is 2.15 bits per heavy atom. The lowest BCUT2D eigenvalue weighted by Crippen LogP contribution is -2.44. The lowest BCUT2D eigenvalue weighted by Gasteiger charge is -2.09. The van der Waals surface area contributed by atoms with Crippen molar-refractivity contribution in [2.45, 2.75) is 12.8 Å². The Balaban J connectivity index is 1.93. The minimum atomic E-state index is -0.163. The Kier molecular flexibility index (Phi) is 3.17. The number of nitrogens with one attached hydrogen (secondary N) is 1. The monoisotopic (exact) mass is 338 g/mol. The van der Waals surface area contributed by atoms with Gasteiger partial charge in [0.05, 0.1) is 0 Å². The number of carbonyl (C=O) groups excluding carboxylic acids is 1. The molecule has 1 saturated carbocycles. The van der Waals surface area contributed by atoms with Gasteiger partial charge in [0.1, 0.15) is 6.54 Å². The molecule has 20 heavy (non-hydrogen) atoms. The van der Waals surface area contributed by atoms with Crippen molar-refractivity contribution in [2.24, 2.45) is 5.92 Å². The van der Waals surface area contributed by atoms with Crippen molar-refractivity contribution in [1.29, 1.82) is 0 Å². The van der Waals surface area contributed by atoms with Gasteiger partial charge in [-0.2, -0.15) is 0 Å². The molecule has 7 nitrogen and oxygen atoms in total. The zero-order valence-electron chi connectivity index (χ0n) is 10.4. The molecule has 1 aliphatic rings. The summed E-state index contributed by atoms with van der Waals surface area (Å²) in [5.74, 6) is -0.0256. The van der Waals surface area contributed by atoms with Gasteiger partial charge in [-0.05, 0) is 25.0 Å². The van der Waals surface area contributed by atoms with Crippen LogP contribution < -0.4 is 14.9 Å². The summed E-state index contributed by atoms with van der Waals surface area (Å²) in [7, 11) is 0. The quantitative estimate of drug-likeness (QED) is 0.652. The van der Waals surface area contributed by atoms with Crippen LogP contribution in [0.25, 0.3) is 11.0 Å². The first-order chi connectivity index (χ1) is 9.56. The Morgan fingerprint density at radius 1 is 1.40 bits per heavy atom. The summed E-state index contributed by atoms with van der Waals surface area (Å²) in [4.78, 5) is 12.0. The SMILES string of the molecule is O=C(CNc1n[n+]([O-])c2cc(Br)ccc2[n+]1[O-])C1CC1. The Hall–Kier alpha value is -1.96. The van der Waals surface area contributed by atoms with Crippen LogP contribution in [0.15, 0.2) is 22.7 Å². The third-order valence-corrected chi connectivity index (χ3v) is 3.69. The molecular weight excluding hydrogens is 328 g/mol. The normalized spacial score (nSPS) is 14.4. The lowest BCUT2D eigenvalue weighted by molar-refractivity contribution is -0.672. The number of ketones is 1. The molecule has 8 heteroatoms. The molecule has 1 aliphatic carbocycles. The molecule has 104 valence electrons. The van der Waals surface area contributed by atoms with Crippen molar-refractivity contribution < 1.29 is 14.4 Å². The molecule has 2 aromatic rings. The predicted octanol–water partition coefficient (Wildman–Crippen LogP) is 0.655. The summed E-state index contributed by atoms with van der Waals surface area (Å²) in [5.41, 5.74) is 0.355. The molecule has 0 spiro atoms. The van der Waals surface area contributed by atoms with Crippen LogP contribution in [0.5, 0.6) is 0 Å². The highest BCUT2D eigenvalue weighted by molar-refractivity contribution is 9.10. The Morgan fingerprint density at radius 3 is 2.85 bits per heavy atom. The molecule has 0 aliphatic heterocycles. The summed E-state index contributed by atoms with van der Waals surface area (Å²) in [6, 6.07) is 4.70. The number of aromatic nitrogens is 3. The van der Waals surface area contributed by atoms with E-state index in [-0.39, 0.29) is 35.2 Å². The van der Waals surface area contributed by atoms with Gasteiger partial charge < -0.3 is 10.4 Å². The van der Waals surface area contributed by atoms with Crippen molar-refractivity contribution in [3.63, 3.8) is 0 Å². The van der Waals surface area contributed by atoms with Crippen LogP contribution >= 0.6 is 15.9 Å². The zero-order chi connectivity index (χ0) is 14.3. The predicted molar refractivity (Wildman–Crippen MR) is 73.6 cm³/mol. The number of Topliss-reactive ketones (excluding diaryl/α,β-unsaturated/α-hetero) is 1. The van der Waals surface area contributed by atoms with Gasteiger partial charge in [-0.15, -0.1) is 0 Å². The summed E-state index contributed by atoms with van der Waals surface area (Å²) in [6.45, 7) is 0.0158. The van der Waals surface area contributed by atoms with Crippen LogP contribution in [0.3, 0.4) is 0 Å². The zero-order valence-corrected chi connectivity index (χ0v) is 12.0. The van der Waals surface area contributed by atoms with Crippen LogP contribution in [0.2, 0.25) is 0 Å². The summed E-state index contributed by atoms with van der Waals surface area (Å²) >= 11 is 3.23. The third kappa shape index (κ3) is 2.38. The number of hydrogen-bond acceptors (Lipinski definition) is 5. The first kappa shape index (κ1) is 13.0. The largest absolute Gasteiger partial charge is 0.739 e. The second-order valence-electron chi connectivity index (χ2n) is 4.72. The highest BCUT2D eigenvalue weighted by atomic mass is 79.9. The maximum Gasteiger partial charge on any atom is 0.461 e. The molecule has 0 saturated heterocycles. The average Bonchev–Trinajstić information content (AvgIpc) is 3.25. The van der Waals surface area contributed by atoms with Gasteiger partial charge in [0.25, 0.3) is 0 Å². The average molecular weight is 339 g/mol. The maximum absolute atomic E-state index is 12.1. The van der Waals surface area contributed by atoms with E-state index in [1.165, 1.54) is 12.1 Å². The number of nitrogens with zero attached hydrogens (tertiary/aromatic N) is 3. The van der Waals surface area contributed by atoms with E-state index in [9.17, 15) is 15.2 Å². The fourth-order valence-corrected chi connectivity index (χ4v) is 2.29. The van der Waals surface area contributed by atoms with E-state index >= 15 is 0 Å². The second kappa shape index (κ2) is 4.86. The molecule has 3 rings (SSSR count). The number of hydrogen-bond donors (Lipinski definition) is 1. The van der Waals surface area contributed by atoms with Crippen LogP contribution in [0.1, 0.15) is 12.8 Å². The molecule has 1 N–H and O–H groups in total. The fraction of sp³-hybridized carbons (Fsp3) is 0.333. The van der Waals surface area contributed by atoms with E-state index < -0.39 is 0 Å². The van der Waals surface area contributed by atoms with E-state index in [0.29, 0.717) is 14.0 Å². The molecule has 0 atom stereocenters. The summed E-state index contributed by atoms with van der Waals surface area (Å²) in [5, 5.41) is 30.2. The number of anilines is 1. The lowest BCUT2D eigenvalue weighted by atomic mass is 10.3. The summed E-state index contributed by atoms with van der Waals surface area (Å²) in [6.07, 6.45) is 1.80. The van der Waals surface area contributed by atoms with E-state index in [1.54, 1.807) is 6.07 Å². The van der Waals surface area contributed by atoms with Gasteiger partial charge >= 0.3 is 11.5 Å². The number of benzene rings is 1. The molecule has 1 heterocycles. The smallest absolute Gasteiger partial charge is 0.461 e. The van der Waals surface area contributed by atoms with E-state index in [2.05, 4.69) is 26.3 Å². The first-order valence-corrected chi connectivity index (χ1v) is 6.95. The molecule has 0 unspecified atom stereocenters. The number of carbonyl (C=O) groups is 1. The molecule has 1 aromatic carbocycles. The van der Waals surface area contributed by atoms with E-state index in [0.717, 1.165) is 12.8 Å². The topological polar surface area (TPSA) is 95.9 Å². The number of rotatable bonds is 4. The third-order valence-electron chi connectivity index (χ3n) is 3.19. The number of halogens is 1. The minimum Gasteiger partial charge on any atom is -0.739 e. The van der Waals surface area contributed by atoms with Gasteiger partial charge in [-0.1, -0.05) is 15.9 Å². The van der Waals surface area contributed by atoms with Gasteiger partial charge in [-0.3, -0.25) is 10.1 Å². The van der Waals surface area contributed by atoms with E-state index in [4.69, 9.17) is 0 Å². The van der Waals surface area contributed by atoms with Crippen molar-refractivity contribution >= 4 is 38.7 Å². The van der Waals surface area contributed by atoms with Crippen LogP contribution in [-0.2, 0) is 4.79 Å². The standard InChI is InChI=1S/C12H11BrN4O3/c13-8-3-4-9-10(5-8)17(20)15-12(16(9)19)14-6-11(18)7-1-2-7/h3-5,7H,1-2,6H2,(H,14,15). The Labute approximate surface area is 122 Å². The minimum absolute atomic E-state index is 0.0158. The maximum atomic E-state index is 12.1. The van der Waals surface area contributed by atoms with E-state index in [1.807, 2.05) is 0 Å². The van der Waals surface area contributed by atoms with Crippen molar-refractivity contribution in [3.8, 4) is 0 Å². The van der Waals surface area contributed by atoms with Gasteiger partial charge in [0, 0.05) is 21.3 Å². The van der Waals surface area contributed by atoms with Gasteiger partial charge in [-0.25, -0.2) is 4.73 Å². The van der Waals surface area contributed by atoms with Crippen LogP contribution in [-0.4, -0.2) is 17.4 Å². The fourth-order valence-electron chi connectivity index (χ4n) is 1.94. The first-order valence-electron chi connectivity index (χ1n) is 6.15. The number of fused-ring (bicyclic) bond motifs is 1. The highest BCUT2D eigenvalue weighted by Crippen LogP contribution is 2.29. The van der Waals surface area contributed by atoms with Crippen LogP contribution in [0.4, 0.5) is 5.95 Å². The molecule has 0 amide bonds. The highest BCUT2D eigenvalue weighted by Gasteiger charge is 2.31. The molecule has 1 aromatic heterocycles. The van der Waals surface area contributed by atoms with Crippen molar-refractivity contribution in [1.82, 2.24) is 5.10 Å². The molecular formula is C12H11BrN4O3. The Bertz CT molecular complexity index is 703. The molecule has 0 bridgehead atoms. The molecule has 1 fully saturated rings. The molecule has 0 radical (unpaired) electrons.